The van der Waals surface area contributed by atoms with Crippen LogP contribution in [-0.4, -0.2) is 22.4 Å². The average molecular weight is 226 g/mol. The monoisotopic (exact) mass is 225 g/mol. The Bertz CT molecular complexity index is 230. The largest absolute Gasteiger partial charge is 0.344 e. The molecule has 0 spiro atoms. The average Bonchev–Trinajstić information content (AvgIpc) is 2.02. The van der Waals surface area contributed by atoms with E-state index in [1.807, 2.05) is 0 Å². The van der Waals surface area contributed by atoms with Crippen molar-refractivity contribution in [2.24, 2.45) is 0 Å². The van der Waals surface area contributed by atoms with E-state index in [1.54, 1.807) is 6.92 Å². The van der Waals surface area contributed by atoms with Gasteiger partial charge in [0.2, 0.25) is 16.4 Å². The predicted octanol–water partition coefficient (Wildman–Crippen LogP) is 0.802. The van der Waals surface area contributed by atoms with Crippen molar-refractivity contribution < 1.29 is 14.4 Å². The molecule has 0 unspecified atom stereocenters. The van der Waals surface area contributed by atoms with Gasteiger partial charge in [0.05, 0.1) is 6.42 Å². The zero-order valence-corrected chi connectivity index (χ0v) is 8.48. The van der Waals surface area contributed by atoms with E-state index in [0.29, 0.717) is 0 Å². The molecule has 0 saturated heterocycles. The van der Waals surface area contributed by atoms with E-state index in [1.165, 1.54) is 0 Å². The van der Waals surface area contributed by atoms with Crippen LogP contribution in [0.2, 0.25) is 0 Å². The minimum atomic E-state index is -1.01. The van der Waals surface area contributed by atoms with Crippen LogP contribution in [0.4, 0.5) is 0 Å². The summed E-state index contributed by atoms with van der Waals surface area (Å²) in [4.78, 5) is 31.9. The second-order valence-corrected chi connectivity index (χ2v) is 3.13. The molecule has 0 aromatic rings. The van der Waals surface area contributed by atoms with Crippen molar-refractivity contribution in [2.45, 2.75) is 25.8 Å². The molecule has 0 bridgehead atoms. The molecule has 0 aliphatic carbocycles. The quantitative estimate of drug-likeness (QED) is 0.705. The number of hydrogen-bond donors (Lipinski definition) is 1. The van der Waals surface area contributed by atoms with Gasteiger partial charge in [-0.1, -0.05) is 6.92 Å². The van der Waals surface area contributed by atoms with Crippen molar-refractivity contribution in [3.8, 4) is 0 Å². The van der Waals surface area contributed by atoms with E-state index in [4.69, 9.17) is 23.2 Å². The standard InChI is InChI=1S/C7H9Cl2NO3/c1-2-6(12)10-4(7(9)13)3-5(8)11/h4H,2-3H2,1H3,(H,10,12)/t4-/m0/s1. The molecule has 1 atom stereocenters. The highest BCUT2D eigenvalue weighted by Crippen LogP contribution is 2.01. The van der Waals surface area contributed by atoms with E-state index in [0.717, 1.165) is 0 Å². The van der Waals surface area contributed by atoms with Gasteiger partial charge in [-0.05, 0) is 23.2 Å². The first-order valence-corrected chi connectivity index (χ1v) is 4.40. The molecule has 1 amide bonds. The van der Waals surface area contributed by atoms with E-state index < -0.39 is 16.5 Å². The second-order valence-electron chi connectivity index (χ2n) is 2.34. The van der Waals surface area contributed by atoms with Gasteiger partial charge in [-0.2, -0.15) is 0 Å². The fourth-order valence-corrected chi connectivity index (χ4v) is 0.931. The molecule has 0 aliphatic rings. The van der Waals surface area contributed by atoms with Crippen LogP contribution < -0.4 is 5.32 Å². The van der Waals surface area contributed by atoms with Crippen LogP contribution >= 0.6 is 23.2 Å². The van der Waals surface area contributed by atoms with Crippen LogP contribution in [0.25, 0.3) is 0 Å². The van der Waals surface area contributed by atoms with Crippen LogP contribution in [0.3, 0.4) is 0 Å². The summed E-state index contributed by atoms with van der Waals surface area (Å²) in [6.07, 6.45) is -0.0627. The first kappa shape index (κ1) is 12.4. The minimum absolute atomic E-state index is 0.219. The Morgan fingerprint density at radius 1 is 1.31 bits per heavy atom. The molecule has 13 heavy (non-hydrogen) atoms. The van der Waals surface area contributed by atoms with Crippen molar-refractivity contribution in [1.29, 1.82) is 0 Å². The Kier molecular flexibility index (Phi) is 5.66. The highest BCUT2D eigenvalue weighted by molar-refractivity contribution is 6.67. The van der Waals surface area contributed by atoms with E-state index in [9.17, 15) is 14.4 Å². The van der Waals surface area contributed by atoms with Crippen molar-refractivity contribution in [1.82, 2.24) is 5.32 Å². The molecular formula is C7H9Cl2NO3. The lowest BCUT2D eigenvalue weighted by Gasteiger charge is -2.11. The maximum Gasteiger partial charge on any atom is 0.244 e. The van der Waals surface area contributed by atoms with E-state index in [2.05, 4.69) is 5.32 Å². The molecule has 0 radical (unpaired) electrons. The fourth-order valence-electron chi connectivity index (χ4n) is 0.645. The lowest BCUT2D eigenvalue weighted by atomic mass is 10.2. The second kappa shape index (κ2) is 5.94. The zero-order chi connectivity index (χ0) is 10.4. The van der Waals surface area contributed by atoms with Gasteiger partial charge in [0.15, 0.2) is 0 Å². The summed E-state index contributed by atoms with van der Waals surface area (Å²) in [5.41, 5.74) is 0. The third-order valence-corrected chi connectivity index (χ3v) is 1.71. The summed E-state index contributed by atoms with van der Waals surface area (Å²) in [5.74, 6) is -0.350. The van der Waals surface area contributed by atoms with Crippen molar-refractivity contribution >= 4 is 39.6 Å². The normalized spacial score (nSPS) is 11.9. The molecule has 0 aromatic heterocycles. The summed E-state index contributed by atoms with van der Waals surface area (Å²) < 4.78 is 0. The Labute approximate surface area is 85.6 Å². The van der Waals surface area contributed by atoms with Crippen molar-refractivity contribution in [2.75, 3.05) is 0 Å². The maximum absolute atomic E-state index is 10.8. The molecule has 0 aromatic carbocycles. The van der Waals surface area contributed by atoms with Crippen molar-refractivity contribution in [3.05, 3.63) is 0 Å². The number of carbonyl (C=O) groups excluding carboxylic acids is 3. The summed E-state index contributed by atoms with van der Waals surface area (Å²) >= 11 is 10.2. The van der Waals surface area contributed by atoms with Crippen molar-refractivity contribution in [3.63, 3.8) is 0 Å². The molecule has 6 heteroatoms. The lowest BCUT2D eigenvalue weighted by Crippen LogP contribution is -2.39. The van der Waals surface area contributed by atoms with Crippen LogP contribution in [0.1, 0.15) is 19.8 Å². The maximum atomic E-state index is 10.8. The van der Waals surface area contributed by atoms with Gasteiger partial charge in [-0.3, -0.25) is 14.4 Å². The van der Waals surface area contributed by atoms with Gasteiger partial charge in [0, 0.05) is 6.42 Å². The van der Waals surface area contributed by atoms with Crippen LogP contribution in [0.5, 0.6) is 0 Å². The molecule has 0 rings (SSSR count). The summed E-state index contributed by atoms with van der Waals surface area (Å²) in [7, 11) is 0. The molecule has 4 nitrogen and oxygen atoms in total. The zero-order valence-electron chi connectivity index (χ0n) is 6.97. The Hall–Kier alpha value is -0.610. The number of amides is 1. The van der Waals surface area contributed by atoms with Gasteiger partial charge >= 0.3 is 0 Å². The molecular weight excluding hydrogens is 217 g/mol. The predicted molar refractivity (Wildman–Crippen MR) is 48.6 cm³/mol. The lowest BCUT2D eigenvalue weighted by molar-refractivity contribution is -0.125. The van der Waals surface area contributed by atoms with E-state index >= 15 is 0 Å². The van der Waals surface area contributed by atoms with E-state index in [-0.39, 0.29) is 18.7 Å². The molecule has 0 fully saturated rings. The summed E-state index contributed by atoms with van der Waals surface area (Å²) in [6, 6.07) is -1.01. The van der Waals surface area contributed by atoms with Gasteiger partial charge < -0.3 is 5.32 Å². The molecule has 74 valence electrons. The first-order valence-electron chi connectivity index (χ1n) is 3.64. The minimum Gasteiger partial charge on any atom is -0.344 e. The Morgan fingerprint density at radius 2 is 1.85 bits per heavy atom. The summed E-state index contributed by atoms with van der Waals surface area (Å²) in [5, 5.41) is 0.764. The molecule has 0 aliphatic heterocycles. The topological polar surface area (TPSA) is 63.2 Å². The fraction of sp³-hybridized carbons (Fsp3) is 0.571. The Balaban J connectivity index is 4.18. The van der Waals surface area contributed by atoms with Crippen LogP contribution in [0.15, 0.2) is 0 Å². The van der Waals surface area contributed by atoms with Gasteiger partial charge in [0.25, 0.3) is 0 Å². The third kappa shape index (κ3) is 5.60. The number of rotatable bonds is 5. The first-order chi connectivity index (χ1) is 5.97. The Morgan fingerprint density at radius 3 is 2.15 bits per heavy atom. The van der Waals surface area contributed by atoms with Gasteiger partial charge in [-0.15, -0.1) is 0 Å². The number of carbonyl (C=O) groups is 3. The third-order valence-electron chi connectivity index (χ3n) is 1.29. The number of nitrogens with one attached hydrogen (secondary N) is 1. The van der Waals surface area contributed by atoms with Gasteiger partial charge in [0.1, 0.15) is 6.04 Å². The smallest absolute Gasteiger partial charge is 0.244 e. The molecule has 1 N–H and O–H groups in total. The highest BCUT2D eigenvalue weighted by Gasteiger charge is 2.20. The van der Waals surface area contributed by atoms with Crippen LogP contribution in [-0.2, 0) is 14.4 Å². The SMILES string of the molecule is CCC(=O)N[C@@H](CC(=O)Cl)C(=O)Cl. The molecule has 0 heterocycles. The summed E-state index contributed by atoms with van der Waals surface area (Å²) in [6.45, 7) is 1.62. The number of halogens is 2. The van der Waals surface area contributed by atoms with Crippen LogP contribution in [0, 0.1) is 0 Å². The van der Waals surface area contributed by atoms with Gasteiger partial charge in [-0.25, -0.2) is 0 Å². The molecule has 0 saturated carbocycles. The highest BCUT2D eigenvalue weighted by atomic mass is 35.5. The number of hydrogen-bond acceptors (Lipinski definition) is 3.